The van der Waals surface area contributed by atoms with Crippen molar-refractivity contribution in [1.82, 2.24) is 15.0 Å². The van der Waals surface area contributed by atoms with Gasteiger partial charge in [-0.15, -0.1) is 0 Å². The van der Waals surface area contributed by atoms with Crippen LogP contribution in [0.3, 0.4) is 0 Å². The molecule has 0 aliphatic rings. The molecule has 0 saturated carbocycles. The summed E-state index contributed by atoms with van der Waals surface area (Å²) in [5.41, 5.74) is -0.220. The third-order valence-electron chi connectivity index (χ3n) is 3.99. The van der Waals surface area contributed by atoms with E-state index in [1.165, 1.54) is 61.2 Å². The maximum Gasteiger partial charge on any atom is 0.415 e. The second kappa shape index (κ2) is 10.2. The lowest BCUT2D eigenvalue weighted by molar-refractivity contribution is -0.348. The Morgan fingerprint density at radius 3 is 1.53 bits per heavy atom. The number of rotatable bonds is 8. The number of carbonyl (C=O) groups is 3. The lowest BCUT2D eigenvalue weighted by Crippen LogP contribution is -2.53. The number of aliphatic hydroxyl groups excluding tert-OH is 1. The Balaban J connectivity index is 1.89. The molecule has 0 saturated heterocycles. The molecule has 2 N–H and O–H groups in total. The molecule has 3 rings (SSSR count). The molecule has 0 aliphatic carbocycles. The highest BCUT2D eigenvalue weighted by molar-refractivity contribution is 5.91. The van der Waals surface area contributed by atoms with Crippen molar-refractivity contribution in [3.63, 3.8) is 0 Å². The van der Waals surface area contributed by atoms with E-state index in [4.69, 9.17) is 14.2 Å². The standard InChI is InChI=1S/C21H17N3O8/c25-13-17(30-18(26)14-4-1-7-22-10-14)21(29,31-19(27)15-5-2-8-23-11-15)32-20(28)16-6-3-9-24-12-16/h1-12,17,25,29H,13H2. The van der Waals surface area contributed by atoms with Gasteiger partial charge in [0, 0.05) is 37.2 Å². The summed E-state index contributed by atoms with van der Waals surface area (Å²) in [6.07, 6.45) is 5.68. The van der Waals surface area contributed by atoms with E-state index >= 15 is 0 Å². The molecule has 1 atom stereocenters. The van der Waals surface area contributed by atoms with E-state index < -0.39 is 36.6 Å². The van der Waals surface area contributed by atoms with Gasteiger partial charge in [-0.3, -0.25) is 15.0 Å². The minimum absolute atomic E-state index is 0.0227. The van der Waals surface area contributed by atoms with Crippen LogP contribution >= 0.6 is 0 Å². The van der Waals surface area contributed by atoms with Crippen molar-refractivity contribution in [2.45, 2.75) is 12.1 Å². The number of pyridine rings is 3. The number of ether oxygens (including phenoxy) is 3. The number of esters is 3. The summed E-state index contributed by atoms with van der Waals surface area (Å²) in [5.74, 6) is -6.52. The molecule has 0 amide bonds. The lowest BCUT2D eigenvalue weighted by Gasteiger charge is -2.32. The highest BCUT2D eigenvalue weighted by Crippen LogP contribution is 2.23. The van der Waals surface area contributed by atoms with E-state index in [9.17, 15) is 24.6 Å². The number of aromatic nitrogens is 3. The lowest BCUT2D eigenvalue weighted by atomic mass is 10.2. The molecule has 3 aromatic rings. The van der Waals surface area contributed by atoms with Gasteiger partial charge in [0.05, 0.1) is 23.3 Å². The fraction of sp³-hybridized carbons (Fsp3) is 0.143. The molecular weight excluding hydrogens is 422 g/mol. The molecule has 0 aromatic carbocycles. The van der Waals surface area contributed by atoms with E-state index in [1.54, 1.807) is 0 Å². The van der Waals surface area contributed by atoms with Crippen molar-refractivity contribution in [2.24, 2.45) is 0 Å². The van der Waals surface area contributed by atoms with Crippen LogP contribution in [-0.2, 0) is 14.2 Å². The van der Waals surface area contributed by atoms with Crippen LogP contribution in [0.5, 0.6) is 0 Å². The van der Waals surface area contributed by atoms with Crippen LogP contribution in [-0.4, -0.2) is 61.8 Å². The Morgan fingerprint density at radius 2 is 1.19 bits per heavy atom. The molecule has 3 heterocycles. The van der Waals surface area contributed by atoms with Gasteiger partial charge < -0.3 is 24.4 Å². The molecule has 11 heteroatoms. The molecule has 3 aromatic heterocycles. The predicted molar refractivity (Wildman–Crippen MR) is 105 cm³/mol. The third-order valence-corrected chi connectivity index (χ3v) is 3.99. The highest BCUT2D eigenvalue weighted by atomic mass is 16.9. The van der Waals surface area contributed by atoms with Crippen molar-refractivity contribution in [2.75, 3.05) is 6.61 Å². The van der Waals surface area contributed by atoms with Gasteiger partial charge in [-0.1, -0.05) is 0 Å². The van der Waals surface area contributed by atoms with Gasteiger partial charge in [0.25, 0.3) is 0 Å². The van der Waals surface area contributed by atoms with Crippen molar-refractivity contribution in [3.05, 3.63) is 90.3 Å². The van der Waals surface area contributed by atoms with Crippen LogP contribution in [0.25, 0.3) is 0 Å². The van der Waals surface area contributed by atoms with Gasteiger partial charge >= 0.3 is 23.9 Å². The number of hydrogen-bond donors (Lipinski definition) is 2. The SMILES string of the molecule is O=C(OC(CO)C(O)(OC(=O)c1cccnc1)OC(=O)c1cccnc1)c1cccnc1. The molecular formula is C21H17N3O8. The van der Waals surface area contributed by atoms with Gasteiger partial charge in [-0.05, 0) is 36.4 Å². The molecule has 0 radical (unpaired) electrons. The Bertz CT molecular complexity index is 1010. The first-order valence-electron chi connectivity index (χ1n) is 9.14. The Hall–Kier alpha value is -4.22. The second-order valence-corrected chi connectivity index (χ2v) is 6.21. The zero-order valence-electron chi connectivity index (χ0n) is 16.4. The molecule has 32 heavy (non-hydrogen) atoms. The van der Waals surface area contributed by atoms with Crippen molar-refractivity contribution < 1.29 is 38.8 Å². The minimum atomic E-state index is -3.19. The fourth-order valence-corrected chi connectivity index (χ4v) is 2.41. The van der Waals surface area contributed by atoms with E-state index in [0.29, 0.717) is 0 Å². The Kier molecular flexibility index (Phi) is 7.16. The Morgan fingerprint density at radius 1 is 0.781 bits per heavy atom. The fourth-order valence-electron chi connectivity index (χ4n) is 2.41. The summed E-state index contributed by atoms with van der Waals surface area (Å²) in [6.45, 7) is -1.07. The van der Waals surface area contributed by atoms with Crippen LogP contribution in [0.4, 0.5) is 0 Å². The normalized spacial score (nSPS) is 11.8. The quantitative estimate of drug-likeness (QED) is 0.377. The maximum absolute atomic E-state index is 12.5. The summed E-state index contributed by atoms with van der Waals surface area (Å²) in [7, 11) is 0. The largest absolute Gasteiger partial charge is 0.445 e. The number of aliphatic hydroxyl groups is 2. The topological polar surface area (TPSA) is 158 Å². The third kappa shape index (κ3) is 5.47. The average molecular weight is 439 g/mol. The summed E-state index contributed by atoms with van der Waals surface area (Å²) < 4.78 is 15.0. The summed E-state index contributed by atoms with van der Waals surface area (Å²) >= 11 is 0. The first-order chi connectivity index (χ1) is 15.4. The number of hydrogen-bond acceptors (Lipinski definition) is 11. The molecule has 0 aliphatic heterocycles. The van der Waals surface area contributed by atoms with E-state index in [2.05, 4.69) is 15.0 Å². The van der Waals surface area contributed by atoms with Gasteiger partial charge in [-0.2, -0.15) is 0 Å². The zero-order valence-corrected chi connectivity index (χ0v) is 16.4. The predicted octanol–water partition coefficient (Wildman–Crippen LogP) is 0.749. The van der Waals surface area contributed by atoms with Gasteiger partial charge in [-0.25, -0.2) is 14.4 Å². The molecule has 11 nitrogen and oxygen atoms in total. The molecule has 1 unspecified atom stereocenters. The van der Waals surface area contributed by atoms with Gasteiger partial charge in [0.1, 0.15) is 0 Å². The minimum Gasteiger partial charge on any atom is -0.445 e. The highest BCUT2D eigenvalue weighted by Gasteiger charge is 2.49. The number of nitrogens with zero attached hydrogens (tertiary/aromatic N) is 3. The summed E-state index contributed by atoms with van der Waals surface area (Å²) in [6, 6.07) is 8.35. The molecule has 0 fully saturated rings. The van der Waals surface area contributed by atoms with Crippen LogP contribution in [0.2, 0.25) is 0 Å². The summed E-state index contributed by atoms with van der Waals surface area (Å²) in [5, 5.41) is 20.7. The van der Waals surface area contributed by atoms with Crippen LogP contribution in [0.1, 0.15) is 31.1 Å². The first kappa shape index (κ1) is 22.5. The van der Waals surface area contributed by atoms with Crippen molar-refractivity contribution in [3.8, 4) is 0 Å². The molecule has 164 valence electrons. The number of carbonyl (C=O) groups excluding carboxylic acids is 3. The first-order valence-corrected chi connectivity index (χ1v) is 9.14. The van der Waals surface area contributed by atoms with E-state index in [1.807, 2.05) is 0 Å². The maximum atomic E-state index is 12.5. The van der Waals surface area contributed by atoms with E-state index in [-0.39, 0.29) is 16.7 Å². The molecule has 0 spiro atoms. The van der Waals surface area contributed by atoms with Crippen molar-refractivity contribution >= 4 is 17.9 Å². The average Bonchev–Trinajstić information content (AvgIpc) is 2.83. The second-order valence-electron chi connectivity index (χ2n) is 6.21. The van der Waals surface area contributed by atoms with Crippen LogP contribution < -0.4 is 0 Å². The van der Waals surface area contributed by atoms with E-state index in [0.717, 1.165) is 12.4 Å². The van der Waals surface area contributed by atoms with Crippen LogP contribution in [0.15, 0.2) is 73.6 Å². The Labute approximate surface area is 181 Å². The smallest absolute Gasteiger partial charge is 0.415 e. The van der Waals surface area contributed by atoms with Gasteiger partial charge in [0.2, 0.25) is 6.10 Å². The summed E-state index contributed by atoms with van der Waals surface area (Å²) in [4.78, 5) is 48.7. The molecule has 0 bridgehead atoms. The van der Waals surface area contributed by atoms with Crippen LogP contribution in [0, 0.1) is 0 Å². The van der Waals surface area contributed by atoms with Crippen molar-refractivity contribution in [1.29, 1.82) is 0 Å². The monoisotopic (exact) mass is 439 g/mol. The zero-order chi connectivity index (χ0) is 23.0. The van der Waals surface area contributed by atoms with Gasteiger partial charge in [0.15, 0.2) is 0 Å².